The summed E-state index contributed by atoms with van der Waals surface area (Å²) in [5.41, 5.74) is -0.861. The first-order valence-corrected chi connectivity index (χ1v) is 6.76. The van der Waals surface area contributed by atoms with Crippen molar-refractivity contribution in [2.75, 3.05) is 0 Å². The summed E-state index contributed by atoms with van der Waals surface area (Å²) in [6.45, 7) is 0. The van der Waals surface area contributed by atoms with Crippen molar-refractivity contribution in [2.24, 2.45) is 0 Å². The smallest absolute Gasteiger partial charge is 0.358 e. The third-order valence-corrected chi connectivity index (χ3v) is 3.78. The average Bonchev–Trinajstić information content (AvgIpc) is 2.15. The Morgan fingerprint density at radius 3 is 2.44 bits per heavy atom. The van der Waals surface area contributed by atoms with E-state index < -0.39 is 19.6 Å². The zero-order valence-electron chi connectivity index (χ0n) is 7.61. The second-order valence-electron chi connectivity index (χ2n) is 2.97. The molecule has 2 rings (SSSR count). The molecule has 0 N–H and O–H groups in total. The lowest BCUT2D eigenvalue weighted by Gasteiger charge is -2.02. The Labute approximate surface area is 99.8 Å². The highest BCUT2D eigenvalue weighted by Crippen LogP contribution is 2.28. The fourth-order valence-electron chi connectivity index (χ4n) is 1.30. The van der Waals surface area contributed by atoms with Crippen LogP contribution in [-0.4, -0.2) is 8.42 Å². The van der Waals surface area contributed by atoms with Gasteiger partial charge < -0.3 is 4.42 Å². The molecule has 0 amide bonds. The zero-order chi connectivity index (χ0) is 11.9. The zero-order valence-corrected chi connectivity index (χ0v) is 9.93. The molecule has 1 aromatic heterocycles. The van der Waals surface area contributed by atoms with E-state index in [0.29, 0.717) is 5.39 Å². The summed E-state index contributed by atoms with van der Waals surface area (Å²) in [6.07, 6.45) is 0. The Morgan fingerprint density at radius 2 is 1.81 bits per heavy atom. The highest BCUT2D eigenvalue weighted by Gasteiger charge is 2.23. The standard InChI is InChI=1S/C9H4Cl2O4S/c10-7-5-3-1-2-4-6(5)15-9(12)8(7)16(11,13)14/h1-4H. The first-order chi connectivity index (χ1) is 7.41. The largest absolute Gasteiger partial charge is 0.422 e. The van der Waals surface area contributed by atoms with Crippen LogP contribution in [0, 0.1) is 0 Å². The summed E-state index contributed by atoms with van der Waals surface area (Å²) in [5.74, 6) is 0. The van der Waals surface area contributed by atoms with Crippen molar-refractivity contribution in [3.63, 3.8) is 0 Å². The fraction of sp³-hybridized carbons (Fsp3) is 0. The lowest BCUT2D eigenvalue weighted by atomic mass is 10.2. The van der Waals surface area contributed by atoms with Crippen LogP contribution in [0.1, 0.15) is 0 Å². The molecule has 1 aromatic carbocycles. The van der Waals surface area contributed by atoms with E-state index in [0.717, 1.165) is 0 Å². The SMILES string of the molecule is O=c1oc2ccccc2c(Cl)c1S(=O)(=O)Cl. The van der Waals surface area contributed by atoms with Crippen LogP contribution in [0.5, 0.6) is 0 Å². The fourth-order valence-corrected chi connectivity index (χ4v) is 2.94. The van der Waals surface area contributed by atoms with E-state index >= 15 is 0 Å². The molecule has 0 radical (unpaired) electrons. The predicted molar refractivity (Wildman–Crippen MR) is 60.5 cm³/mol. The van der Waals surface area contributed by atoms with Gasteiger partial charge in [0.25, 0.3) is 9.05 Å². The Morgan fingerprint density at radius 1 is 1.19 bits per heavy atom. The highest BCUT2D eigenvalue weighted by molar-refractivity contribution is 8.13. The predicted octanol–water partition coefficient (Wildman–Crippen LogP) is 2.37. The van der Waals surface area contributed by atoms with Crippen LogP contribution < -0.4 is 5.63 Å². The second kappa shape index (κ2) is 3.76. The van der Waals surface area contributed by atoms with E-state index in [1.54, 1.807) is 12.1 Å². The van der Waals surface area contributed by atoms with Gasteiger partial charge in [0.05, 0.1) is 5.02 Å². The average molecular weight is 279 g/mol. The summed E-state index contributed by atoms with van der Waals surface area (Å²) in [6, 6.07) is 6.31. The van der Waals surface area contributed by atoms with E-state index in [4.69, 9.17) is 26.7 Å². The molecular formula is C9H4Cl2O4S. The summed E-state index contributed by atoms with van der Waals surface area (Å²) in [7, 11) is 0.876. The first kappa shape index (κ1) is 11.4. The number of benzene rings is 1. The van der Waals surface area contributed by atoms with E-state index in [9.17, 15) is 13.2 Å². The van der Waals surface area contributed by atoms with E-state index in [1.165, 1.54) is 12.1 Å². The lowest BCUT2D eigenvalue weighted by molar-refractivity contribution is 0.535. The van der Waals surface area contributed by atoms with Crippen molar-refractivity contribution in [3.05, 3.63) is 39.7 Å². The number of hydrogen-bond donors (Lipinski definition) is 0. The summed E-state index contributed by atoms with van der Waals surface area (Å²) in [5, 5.41) is 0.102. The molecule has 0 aliphatic rings. The monoisotopic (exact) mass is 278 g/mol. The molecule has 0 saturated heterocycles. The number of fused-ring (bicyclic) bond motifs is 1. The number of rotatable bonds is 1. The third kappa shape index (κ3) is 1.81. The maximum Gasteiger partial charge on any atom is 0.358 e. The van der Waals surface area contributed by atoms with Gasteiger partial charge in [0.1, 0.15) is 5.58 Å². The van der Waals surface area contributed by atoms with E-state index in [-0.39, 0.29) is 10.6 Å². The Bertz CT molecular complexity index is 718. The first-order valence-electron chi connectivity index (χ1n) is 4.07. The molecule has 2 aromatic rings. The van der Waals surface area contributed by atoms with Gasteiger partial charge in [-0.25, -0.2) is 13.2 Å². The lowest BCUT2D eigenvalue weighted by Crippen LogP contribution is -2.10. The molecular weight excluding hydrogens is 275 g/mol. The van der Waals surface area contributed by atoms with Crippen molar-refractivity contribution < 1.29 is 12.8 Å². The van der Waals surface area contributed by atoms with E-state index in [1.807, 2.05) is 0 Å². The number of hydrogen-bond acceptors (Lipinski definition) is 4. The van der Waals surface area contributed by atoms with Crippen LogP contribution in [0.2, 0.25) is 5.02 Å². The molecule has 16 heavy (non-hydrogen) atoms. The van der Waals surface area contributed by atoms with Gasteiger partial charge in [0, 0.05) is 16.1 Å². The molecule has 0 atom stereocenters. The van der Waals surface area contributed by atoms with Gasteiger partial charge in [-0.1, -0.05) is 23.7 Å². The Hall–Kier alpha value is -1.04. The second-order valence-corrected chi connectivity index (χ2v) is 5.85. The van der Waals surface area contributed by atoms with Gasteiger partial charge in [0.2, 0.25) is 0 Å². The van der Waals surface area contributed by atoms with Gasteiger partial charge in [-0.15, -0.1) is 0 Å². The molecule has 4 nitrogen and oxygen atoms in total. The van der Waals surface area contributed by atoms with Crippen molar-refractivity contribution in [1.82, 2.24) is 0 Å². The van der Waals surface area contributed by atoms with Crippen molar-refractivity contribution in [1.29, 1.82) is 0 Å². The number of halogens is 2. The maximum atomic E-state index is 11.4. The summed E-state index contributed by atoms with van der Waals surface area (Å²) < 4.78 is 27.1. The molecule has 0 fully saturated rings. The quantitative estimate of drug-likeness (QED) is 0.593. The van der Waals surface area contributed by atoms with E-state index in [2.05, 4.69) is 0 Å². The summed E-state index contributed by atoms with van der Waals surface area (Å²) >= 11 is 5.81. The van der Waals surface area contributed by atoms with Crippen LogP contribution in [-0.2, 0) is 9.05 Å². The minimum absolute atomic E-state index is 0.210. The third-order valence-electron chi connectivity index (χ3n) is 1.95. The molecule has 84 valence electrons. The van der Waals surface area contributed by atoms with Gasteiger partial charge in [-0.3, -0.25) is 0 Å². The number of para-hydroxylation sites is 1. The molecule has 7 heteroatoms. The normalized spacial score (nSPS) is 11.9. The molecule has 1 heterocycles. The molecule has 0 saturated carbocycles. The Balaban J connectivity index is 3.04. The van der Waals surface area contributed by atoms with Crippen LogP contribution in [0.15, 0.2) is 38.4 Å². The van der Waals surface area contributed by atoms with Crippen LogP contribution in [0.4, 0.5) is 0 Å². The topological polar surface area (TPSA) is 64.3 Å². The van der Waals surface area contributed by atoms with Gasteiger partial charge in [-0.05, 0) is 12.1 Å². The van der Waals surface area contributed by atoms with Crippen LogP contribution >= 0.6 is 22.3 Å². The minimum atomic E-state index is -4.22. The van der Waals surface area contributed by atoms with Crippen molar-refractivity contribution in [2.45, 2.75) is 4.90 Å². The molecule has 0 aliphatic carbocycles. The maximum absolute atomic E-state index is 11.4. The molecule has 0 aliphatic heterocycles. The highest BCUT2D eigenvalue weighted by atomic mass is 35.7. The Kier molecular flexibility index (Phi) is 2.69. The van der Waals surface area contributed by atoms with Gasteiger partial charge in [-0.2, -0.15) is 0 Å². The minimum Gasteiger partial charge on any atom is -0.422 e. The van der Waals surface area contributed by atoms with Crippen LogP contribution in [0.3, 0.4) is 0 Å². The molecule has 0 unspecified atom stereocenters. The van der Waals surface area contributed by atoms with Gasteiger partial charge in [0.15, 0.2) is 4.90 Å². The van der Waals surface area contributed by atoms with Crippen molar-refractivity contribution in [3.8, 4) is 0 Å². The van der Waals surface area contributed by atoms with Crippen molar-refractivity contribution >= 4 is 42.3 Å². The summed E-state index contributed by atoms with van der Waals surface area (Å²) in [4.78, 5) is 10.7. The molecule has 0 spiro atoms. The van der Waals surface area contributed by atoms with Gasteiger partial charge >= 0.3 is 5.63 Å². The van der Waals surface area contributed by atoms with Crippen LogP contribution in [0.25, 0.3) is 11.0 Å². The molecule has 0 bridgehead atoms.